The van der Waals surface area contributed by atoms with Crippen LogP contribution in [0.2, 0.25) is 0 Å². The molecule has 0 N–H and O–H groups in total. The summed E-state index contributed by atoms with van der Waals surface area (Å²) in [6.45, 7) is 4.85. The standard InChI is InChI=1S/C12H12BrNOS/c1-8-5-10(7-15)9(2)14(8)6-11-3-4-12(13)16-11/h3-5,7H,6H2,1-2H3. The number of carbonyl (C=O) groups is 1. The third-order valence-corrected chi connectivity index (χ3v) is 4.29. The Hall–Kier alpha value is -0.870. The Bertz CT molecular complexity index is 527. The van der Waals surface area contributed by atoms with Gasteiger partial charge in [0, 0.05) is 21.8 Å². The molecule has 0 saturated heterocycles. The lowest BCUT2D eigenvalue weighted by atomic mass is 10.3. The van der Waals surface area contributed by atoms with Crippen LogP contribution >= 0.6 is 27.3 Å². The molecular formula is C12H12BrNOS. The Morgan fingerprint density at radius 3 is 2.69 bits per heavy atom. The van der Waals surface area contributed by atoms with E-state index in [1.54, 1.807) is 11.3 Å². The first-order valence-electron chi connectivity index (χ1n) is 4.98. The molecule has 2 rings (SSSR count). The lowest BCUT2D eigenvalue weighted by Gasteiger charge is -2.07. The van der Waals surface area contributed by atoms with E-state index in [0.717, 1.165) is 33.6 Å². The molecule has 0 spiro atoms. The number of aryl methyl sites for hydroxylation is 1. The molecule has 0 amide bonds. The Kier molecular flexibility index (Phi) is 3.30. The first kappa shape index (κ1) is 11.6. The fraction of sp³-hybridized carbons (Fsp3) is 0.250. The van der Waals surface area contributed by atoms with Crippen molar-refractivity contribution in [2.24, 2.45) is 0 Å². The van der Waals surface area contributed by atoms with Crippen LogP contribution in [-0.4, -0.2) is 10.9 Å². The molecule has 0 saturated carbocycles. The van der Waals surface area contributed by atoms with Crippen molar-refractivity contribution < 1.29 is 4.79 Å². The van der Waals surface area contributed by atoms with Gasteiger partial charge in [0.15, 0.2) is 6.29 Å². The lowest BCUT2D eigenvalue weighted by molar-refractivity contribution is 0.112. The van der Waals surface area contributed by atoms with Crippen LogP contribution in [0.1, 0.15) is 26.6 Å². The van der Waals surface area contributed by atoms with Crippen molar-refractivity contribution in [2.75, 3.05) is 0 Å². The van der Waals surface area contributed by atoms with Gasteiger partial charge in [0.1, 0.15) is 0 Å². The molecule has 0 aromatic carbocycles. The molecular weight excluding hydrogens is 286 g/mol. The lowest BCUT2D eigenvalue weighted by Crippen LogP contribution is -2.02. The van der Waals surface area contributed by atoms with Crippen LogP contribution in [-0.2, 0) is 6.54 Å². The average Bonchev–Trinajstić information content (AvgIpc) is 2.77. The molecule has 2 aromatic heterocycles. The maximum Gasteiger partial charge on any atom is 0.151 e. The highest BCUT2D eigenvalue weighted by Gasteiger charge is 2.09. The molecule has 2 heterocycles. The minimum Gasteiger partial charge on any atom is -0.343 e. The van der Waals surface area contributed by atoms with E-state index in [0.29, 0.717) is 0 Å². The van der Waals surface area contributed by atoms with E-state index in [2.05, 4.69) is 32.6 Å². The second-order valence-electron chi connectivity index (χ2n) is 3.74. The zero-order valence-electron chi connectivity index (χ0n) is 9.16. The Labute approximate surface area is 107 Å². The number of thiophene rings is 1. The molecule has 4 heteroatoms. The number of halogens is 1. The molecule has 0 aliphatic heterocycles. The quantitative estimate of drug-likeness (QED) is 0.790. The van der Waals surface area contributed by atoms with Crippen molar-refractivity contribution in [3.63, 3.8) is 0 Å². The van der Waals surface area contributed by atoms with E-state index < -0.39 is 0 Å². The molecule has 0 unspecified atom stereocenters. The van der Waals surface area contributed by atoms with Crippen molar-refractivity contribution in [1.82, 2.24) is 4.57 Å². The largest absolute Gasteiger partial charge is 0.343 e. The van der Waals surface area contributed by atoms with E-state index in [4.69, 9.17) is 0 Å². The number of hydrogen-bond donors (Lipinski definition) is 0. The monoisotopic (exact) mass is 297 g/mol. The molecule has 0 fully saturated rings. The van der Waals surface area contributed by atoms with Crippen LogP contribution in [0.5, 0.6) is 0 Å². The molecule has 0 atom stereocenters. The van der Waals surface area contributed by atoms with Crippen LogP contribution < -0.4 is 0 Å². The highest BCUT2D eigenvalue weighted by atomic mass is 79.9. The average molecular weight is 298 g/mol. The maximum absolute atomic E-state index is 10.8. The summed E-state index contributed by atoms with van der Waals surface area (Å²) in [5, 5.41) is 0. The predicted octanol–water partition coefficient (Wildman–Crippen LogP) is 3.79. The summed E-state index contributed by atoms with van der Waals surface area (Å²) in [6.07, 6.45) is 0.920. The molecule has 0 aliphatic rings. The first-order valence-corrected chi connectivity index (χ1v) is 6.59. The van der Waals surface area contributed by atoms with E-state index in [-0.39, 0.29) is 0 Å². The van der Waals surface area contributed by atoms with Crippen LogP contribution in [0.3, 0.4) is 0 Å². The molecule has 0 aliphatic carbocycles. The smallest absolute Gasteiger partial charge is 0.151 e. The molecule has 0 bridgehead atoms. The van der Waals surface area contributed by atoms with Crippen LogP contribution in [0.15, 0.2) is 22.0 Å². The number of nitrogens with zero attached hydrogens (tertiary/aromatic N) is 1. The van der Waals surface area contributed by atoms with Crippen molar-refractivity contribution in [3.8, 4) is 0 Å². The normalized spacial score (nSPS) is 10.7. The third kappa shape index (κ3) is 2.13. The Morgan fingerprint density at radius 2 is 2.19 bits per heavy atom. The second-order valence-corrected chi connectivity index (χ2v) is 6.28. The second kappa shape index (κ2) is 4.55. The minimum atomic E-state index is 0.785. The number of hydrogen-bond acceptors (Lipinski definition) is 2. The van der Waals surface area contributed by atoms with Gasteiger partial charge in [0.25, 0.3) is 0 Å². The van der Waals surface area contributed by atoms with Crippen molar-refractivity contribution in [2.45, 2.75) is 20.4 Å². The Balaban J connectivity index is 2.34. The highest BCUT2D eigenvalue weighted by Crippen LogP contribution is 2.24. The molecule has 2 aromatic rings. The van der Waals surface area contributed by atoms with E-state index in [1.165, 1.54) is 4.88 Å². The number of carbonyl (C=O) groups excluding carboxylic acids is 1. The van der Waals surface area contributed by atoms with Gasteiger partial charge in [-0.1, -0.05) is 0 Å². The summed E-state index contributed by atoms with van der Waals surface area (Å²) in [6, 6.07) is 6.09. The van der Waals surface area contributed by atoms with Gasteiger partial charge in [-0.2, -0.15) is 0 Å². The van der Waals surface area contributed by atoms with Crippen molar-refractivity contribution in [1.29, 1.82) is 0 Å². The molecule has 84 valence electrons. The zero-order valence-corrected chi connectivity index (χ0v) is 11.6. The summed E-state index contributed by atoms with van der Waals surface area (Å²) in [7, 11) is 0. The summed E-state index contributed by atoms with van der Waals surface area (Å²) in [4.78, 5) is 12.1. The SMILES string of the molecule is Cc1cc(C=O)c(C)n1Cc1ccc(Br)s1. The summed E-state index contributed by atoms with van der Waals surface area (Å²) in [5.74, 6) is 0. The first-order chi connectivity index (χ1) is 7.61. The van der Waals surface area contributed by atoms with E-state index in [1.807, 2.05) is 19.9 Å². The molecule has 16 heavy (non-hydrogen) atoms. The third-order valence-electron chi connectivity index (χ3n) is 2.68. The van der Waals surface area contributed by atoms with Gasteiger partial charge in [-0.05, 0) is 48.0 Å². The fourth-order valence-electron chi connectivity index (χ4n) is 1.78. The van der Waals surface area contributed by atoms with Crippen molar-refractivity contribution in [3.05, 3.63) is 43.8 Å². The van der Waals surface area contributed by atoms with Gasteiger partial charge in [0.05, 0.1) is 10.3 Å². The van der Waals surface area contributed by atoms with Gasteiger partial charge < -0.3 is 4.57 Å². The number of aldehydes is 1. The number of aromatic nitrogens is 1. The van der Waals surface area contributed by atoms with Crippen LogP contribution in [0, 0.1) is 13.8 Å². The van der Waals surface area contributed by atoms with E-state index in [9.17, 15) is 4.79 Å². The maximum atomic E-state index is 10.8. The summed E-state index contributed by atoms with van der Waals surface area (Å²) in [5.41, 5.74) is 2.95. The van der Waals surface area contributed by atoms with Gasteiger partial charge in [-0.15, -0.1) is 11.3 Å². The Morgan fingerprint density at radius 1 is 1.44 bits per heavy atom. The van der Waals surface area contributed by atoms with E-state index >= 15 is 0 Å². The molecule has 0 radical (unpaired) electrons. The fourth-order valence-corrected chi connectivity index (χ4v) is 3.26. The van der Waals surface area contributed by atoms with Crippen molar-refractivity contribution >= 4 is 33.6 Å². The van der Waals surface area contributed by atoms with Crippen LogP contribution in [0.4, 0.5) is 0 Å². The van der Waals surface area contributed by atoms with Gasteiger partial charge >= 0.3 is 0 Å². The van der Waals surface area contributed by atoms with Gasteiger partial charge in [-0.25, -0.2) is 0 Å². The summed E-state index contributed by atoms with van der Waals surface area (Å²) < 4.78 is 3.31. The van der Waals surface area contributed by atoms with Crippen LogP contribution in [0.25, 0.3) is 0 Å². The summed E-state index contributed by atoms with van der Waals surface area (Å²) >= 11 is 5.18. The van der Waals surface area contributed by atoms with Gasteiger partial charge in [-0.3, -0.25) is 4.79 Å². The predicted molar refractivity (Wildman–Crippen MR) is 70.4 cm³/mol. The minimum absolute atomic E-state index is 0.785. The topological polar surface area (TPSA) is 22.0 Å². The number of rotatable bonds is 3. The highest BCUT2D eigenvalue weighted by molar-refractivity contribution is 9.11. The van der Waals surface area contributed by atoms with Gasteiger partial charge in [0.2, 0.25) is 0 Å². The molecule has 2 nitrogen and oxygen atoms in total. The zero-order chi connectivity index (χ0) is 11.7.